The zero-order valence-electron chi connectivity index (χ0n) is 17.6. The summed E-state index contributed by atoms with van der Waals surface area (Å²) in [4.78, 5) is 30.4. The molecule has 30 heavy (non-hydrogen) atoms. The number of hydrogen-bond donors (Lipinski definition) is 1. The van der Waals surface area contributed by atoms with Crippen molar-refractivity contribution >= 4 is 11.8 Å². The van der Waals surface area contributed by atoms with E-state index in [1.165, 1.54) is 18.8 Å². The highest BCUT2D eigenvalue weighted by molar-refractivity contribution is 5.96. The summed E-state index contributed by atoms with van der Waals surface area (Å²) in [7, 11) is 2.87. The Balaban J connectivity index is 2.28. The molecule has 160 valence electrons. The summed E-state index contributed by atoms with van der Waals surface area (Å²) in [6.07, 6.45) is 4.34. The van der Waals surface area contributed by atoms with Crippen molar-refractivity contribution in [2.24, 2.45) is 0 Å². The van der Waals surface area contributed by atoms with E-state index in [0.717, 1.165) is 11.5 Å². The van der Waals surface area contributed by atoms with Crippen LogP contribution in [-0.4, -0.2) is 53.5 Å². The Morgan fingerprint density at radius 1 is 1.30 bits per heavy atom. The summed E-state index contributed by atoms with van der Waals surface area (Å²) in [5.74, 6) is -0.153. The number of carbonyl (C=O) groups is 2. The van der Waals surface area contributed by atoms with Crippen LogP contribution in [0.2, 0.25) is 0 Å². The number of nitrogens with one attached hydrogen (secondary N) is 1. The maximum atomic E-state index is 13.0. The van der Waals surface area contributed by atoms with Gasteiger partial charge in [-0.15, -0.1) is 13.2 Å². The third kappa shape index (κ3) is 5.81. The van der Waals surface area contributed by atoms with Crippen LogP contribution in [0.4, 0.5) is 0 Å². The number of carbonyl (C=O) groups excluding carboxylic acids is 2. The number of amides is 2. The number of likely N-dealkylation sites (N-methyl/N-ethyl adjacent to an activating group) is 1. The Bertz CT molecular complexity index is 906. The Morgan fingerprint density at radius 2 is 2.07 bits per heavy atom. The van der Waals surface area contributed by atoms with Gasteiger partial charge in [-0.1, -0.05) is 18.2 Å². The van der Waals surface area contributed by atoms with Gasteiger partial charge in [0.05, 0.1) is 25.1 Å². The molecule has 2 aromatic rings. The molecule has 0 saturated carbocycles. The fourth-order valence-electron chi connectivity index (χ4n) is 2.75. The molecule has 2 rings (SSSR count). The number of aromatic nitrogens is 2. The first-order valence-corrected chi connectivity index (χ1v) is 9.55. The van der Waals surface area contributed by atoms with Gasteiger partial charge in [-0.3, -0.25) is 14.4 Å². The standard InChI is InChI=1S/C22H28N4O4/c1-6-8-13-30-18-12-9-11-17(15-18)26-20(14-16(3)24-26)21(27)23-19(10-7-2)22(28)25(4)29-5/h6-7,9,11-12,14-15,19H,1-2,8,10,13H2,3-5H3,(H,23,27). The maximum Gasteiger partial charge on any atom is 0.270 e. The SMILES string of the molecule is C=CCCOc1cccc(-n2nc(C)cc2C(=O)NC(CC=C)C(=O)N(C)OC)c1. The summed E-state index contributed by atoms with van der Waals surface area (Å²) >= 11 is 0. The summed E-state index contributed by atoms with van der Waals surface area (Å²) in [6.45, 7) is 9.64. The van der Waals surface area contributed by atoms with Gasteiger partial charge in [-0.2, -0.15) is 5.10 Å². The van der Waals surface area contributed by atoms with Crippen molar-refractivity contribution in [3.05, 3.63) is 67.0 Å². The number of benzene rings is 1. The van der Waals surface area contributed by atoms with Gasteiger partial charge < -0.3 is 10.1 Å². The fourth-order valence-corrected chi connectivity index (χ4v) is 2.75. The van der Waals surface area contributed by atoms with E-state index in [9.17, 15) is 9.59 Å². The van der Waals surface area contributed by atoms with Crippen LogP contribution in [0.15, 0.2) is 55.6 Å². The normalized spacial score (nSPS) is 11.4. The molecule has 8 nitrogen and oxygen atoms in total. The lowest BCUT2D eigenvalue weighted by molar-refractivity contribution is -0.170. The fraction of sp³-hybridized carbons (Fsp3) is 0.318. The zero-order chi connectivity index (χ0) is 22.1. The smallest absolute Gasteiger partial charge is 0.270 e. The third-order valence-corrected chi connectivity index (χ3v) is 4.31. The van der Waals surface area contributed by atoms with Crippen LogP contribution in [0.1, 0.15) is 29.0 Å². The third-order valence-electron chi connectivity index (χ3n) is 4.31. The van der Waals surface area contributed by atoms with Gasteiger partial charge in [-0.05, 0) is 38.0 Å². The number of hydroxylamine groups is 2. The molecule has 0 aliphatic rings. The number of ether oxygens (including phenoxy) is 1. The minimum absolute atomic E-state index is 0.262. The van der Waals surface area contributed by atoms with Crippen molar-refractivity contribution in [3.8, 4) is 11.4 Å². The lowest BCUT2D eigenvalue weighted by Gasteiger charge is -2.22. The number of aryl methyl sites for hydroxylation is 1. The lowest BCUT2D eigenvalue weighted by Crippen LogP contribution is -2.47. The first-order chi connectivity index (χ1) is 14.4. The van der Waals surface area contributed by atoms with Crippen LogP contribution in [0.3, 0.4) is 0 Å². The molecule has 1 heterocycles. The molecule has 0 aliphatic carbocycles. The molecule has 1 N–H and O–H groups in total. The average Bonchev–Trinajstić information content (AvgIpc) is 3.14. The van der Waals surface area contributed by atoms with E-state index in [0.29, 0.717) is 29.4 Å². The Labute approximate surface area is 176 Å². The van der Waals surface area contributed by atoms with Gasteiger partial charge in [0.15, 0.2) is 0 Å². The van der Waals surface area contributed by atoms with Crippen LogP contribution in [-0.2, 0) is 9.63 Å². The minimum Gasteiger partial charge on any atom is -0.493 e. The van der Waals surface area contributed by atoms with E-state index in [2.05, 4.69) is 23.6 Å². The Morgan fingerprint density at radius 3 is 2.73 bits per heavy atom. The molecule has 0 fully saturated rings. The van der Waals surface area contributed by atoms with Crippen molar-refractivity contribution in [3.63, 3.8) is 0 Å². The molecule has 1 aromatic heterocycles. The van der Waals surface area contributed by atoms with E-state index < -0.39 is 11.9 Å². The highest BCUT2D eigenvalue weighted by atomic mass is 16.7. The van der Waals surface area contributed by atoms with Gasteiger partial charge in [0.1, 0.15) is 17.5 Å². The van der Waals surface area contributed by atoms with Crippen LogP contribution in [0, 0.1) is 6.92 Å². The van der Waals surface area contributed by atoms with Crippen molar-refractivity contribution in [2.75, 3.05) is 20.8 Å². The Kier molecular flexibility index (Phi) is 8.37. The molecule has 0 saturated heterocycles. The molecule has 0 radical (unpaired) electrons. The van der Waals surface area contributed by atoms with Crippen LogP contribution in [0.25, 0.3) is 5.69 Å². The van der Waals surface area contributed by atoms with E-state index in [-0.39, 0.29) is 12.3 Å². The molecule has 0 aliphatic heterocycles. The second-order valence-corrected chi connectivity index (χ2v) is 6.57. The number of rotatable bonds is 11. The molecule has 0 spiro atoms. The van der Waals surface area contributed by atoms with Crippen LogP contribution < -0.4 is 10.1 Å². The lowest BCUT2D eigenvalue weighted by atomic mass is 10.1. The van der Waals surface area contributed by atoms with Gasteiger partial charge in [-0.25, -0.2) is 9.75 Å². The molecule has 2 amide bonds. The van der Waals surface area contributed by atoms with Gasteiger partial charge in [0.2, 0.25) is 0 Å². The summed E-state index contributed by atoms with van der Waals surface area (Å²) in [6, 6.07) is 8.15. The van der Waals surface area contributed by atoms with Gasteiger partial charge >= 0.3 is 0 Å². The molecule has 8 heteroatoms. The van der Waals surface area contributed by atoms with E-state index in [1.54, 1.807) is 31.2 Å². The molecule has 1 unspecified atom stereocenters. The molecule has 0 bridgehead atoms. The largest absolute Gasteiger partial charge is 0.493 e. The monoisotopic (exact) mass is 412 g/mol. The molecular formula is C22H28N4O4. The summed E-state index contributed by atoms with van der Waals surface area (Å²) < 4.78 is 7.22. The maximum absolute atomic E-state index is 13.0. The van der Waals surface area contributed by atoms with E-state index in [1.807, 2.05) is 18.2 Å². The van der Waals surface area contributed by atoms with Crippen LogP contribution >= 0.6 is 0 Å². The van der Waals surface area contributed by atoms with Gasteiger partial charge in [0, 0.05) is 13.1 Å². The highest BCUT2D eigenvalue weighted by Gasteiger charge is 2.25. The molecule has 1 aromatic carbocycles. The molecular weight excluding hydrogens is 384 g/mol. The first kappa shape index (κ1) is 22.9. The van der Waals surface area contributed by atoms with Crippen LogP contribution in [0.5, 0.6) is 5.75 Å². The van der Waals surface area contributed by atoms with E-state index in [4.69, 9.17) is 9.57 Å². The first-order valence-electron chi connectivity index (χ1n) is 9.55. The van der Waals surface area contributed by atoms with Crippen molar-refractivity contribution in [1.29, 1.82) is 0 Å². The van der Waals surface area contributed by atoms with Gasteiger partial charge in [0.25, 0.3) is 11.8 Å². The second kappa shape index (κ2) is 11.0. The van der Waals surface area contributed by atoms with Crippen molar-refractivity contribution in [2.45, 2.75) is 25.8 Å². The highest BCUT2D eigenvalue weighted by Crippen LogP contribution is 2.19. The van der Waals surface area contributed by atoms with Crippen molar-refractivity contribution in [1.82, 2.24) is 20.2 Å². The second-order valence-electron chi connectivity index (χ2n) is 6.57. The average molecular weight is 412 g/mol. The number of hydrogen-bond acceptors (Lipinski definition) is 5. The predicted octanol–water partition coefficient (Wildman–Crippen LogP) is 2.83. The topological polar surface area (TPSA) is 85.7 Å². The summed E-state index contributed by atoms with van der Waals surface area (Å²) in [5, 5.41) is 8.25. The Hall–Kier alpha value is -3.39. The zero-order valence-corrected chi connectivity index (χ0v) is 17.6. The summed E-state index contributed by atoms with van der Waals surface area (Å²) in [5.41, 5.74) is 1.64. The minimum atomic E-state index is -0.808. The molecule has 1 atom stereocenters. The van der Waals surface area contributed by atoms with E-state index >= 15 is 0 Å². The number of nitrogens with zero attached hydrogens (tertiary/aromatic N) is 3. The predicted molar refractivity (Wildman–Crippen MR) is 114 cm³/mol. The quantitative estimate of drug-likeness (QED) is 0.348. The van der Waals surface area contributed by atoms with Crippen molar-refractivity contribution < 1.29 is 19.2 Å².